The van der Waals surface area contributed by atoms with E-state index in [9.17, 15) is 0 Å². The van der Waals surface area contributed by atoms with Crippen molar-refractivity contribution < 1.29 is 0 Å². The molecule has 0 saturated heterocycles. The molecule has 0 fully saturated rings. The number of benzene rings is 2. The minimum atomic E-state index is 0.712. The highest BCUT2D eigenvalue weighted by Gasteiger charge is 2.07. The predicted molar refractivity (Wildman–Crippen MR) is 107 cm³/mol. The highest BCUT2D eigenvalue weighted by molar-refractivity contribution is 9.10. The first-order valence-electron chi connectivity index (χ1n) is 7.82. The van der Waals surface area contributed by atoms with Gasteiger partial charge >= 0.3 is 0 Å². The standard InChI is InChI=1S/C20H15BrN4/c21-19-12-24-20(18-11-15(22)3-6-17(18)19)25-16-4-1-13(2-5-16)14-7-9-23-10-8-14/h1-12H,22H2,(H,24,25). The number of nitrogen functional groups attached to an aromatic ring is 1. The first kappa shape index (κ1) is 15.6. The Kier molecular flexibility index (Phi) is 4.07. The molecule has 0 aliphatic rings. The Hall–Kier alpha value is -2.92. The number of pyridine rings is 2. The Balaban J connectivity index is 1.68. The third-order valence-corrected chi connectivity index (χ3v) is 4.66. The third kappa shape index (κ3) is 3.19. The summed E-state index contributed by atoms with van der Waals surface area (Å²) in [6, 6.07) is 18.0. The van der Waals surface area contributed by atoms with Gasteiger partial charge in [0.1, 0.15) is 5.82 Å². The van der Waals surface area contributed by atoms with Crippen LogP contribution < -0.4 is 11.1 Å². The van der Waals surface area contributed by atoms with Gasteiger partial charge in [-0.05, 0) is 63.5 Å². The topological polar surface area (TPSA) is 63.8 Å². The quantitative estimate of drug-likeness (QED) is 0.460. The fourth-order valence-electron chi connectivity index (χ4n) is 2.75. The van der Waals surface area contributed by atoms with Crippen LogP contribution in [0.5, 0.6) is 0 Å². The molecule has 4 rings (SSSR count). The van der Waals surface area contributed by atoms with Crippen molar-refractivity contribution in [2.45, 2.75) is 0 Å². The molecule has 4 aromatic rings. The van der Waals surface area contributed by atoms with Crippen molar-refractivity contribution >= 4 is 43.9 Å². The molecule has 0 saturated carbocycles. The molecular formula is C20H15BrN4. The van der Waals surface area contributed by atoms with E-state index in [0.717, 1.165) is 37.9 Å². The molecule has 3 N–H and O–H groups in total. The lowest BCUT2D eigenvalue weighted by atomic mass is 10.1. The van der Waals surface area contributed by atoms with Crippen molar-refractivity contribution in [2.24, 2.45) is 0 Å². The number of fused-ring (bicyclic) bond motifs is 1. The van der Waals surface area contributed by atoms with Gasteiger partial charge in [0.05, 0.1) is 0 Å². The average Bonchev–Trinajstić information content (AvgIpc) is 2.65. The zero-order valence-electron chi connectivity index (χ0n) is 13.3. The average molecular weight is 391 g/mol. The van der Waals surface area contributed by atoms with E-state index >= 15 is 0 Å². The van der Waals surface area contributed by atoms with Crippen molar-refractivity contribution in [3.8, 4) is 11.1 Å². The van der Waals surface area contributed by atoms with E-state index in [1.807, 2.05) is 42.5 Å². The lowest BCUT2D eigenvalue weighted by molar-refractivity contribution is 1.32. The predicted octanol–water partition coefficient (Wildman–Crippen LogP) is 5.39. The SMILES string of the molecule is Nc1ccc2c(Br)cnc(Nc3ccc(-c4ccncc4)cc3)c2c1. The van der Waals surface area contributed by atoms with Gasteiger partial charge in [0, 0.05) is 45.2 Å². The van der Waals surface area contributed by atoms with Crippen molar-refractivity contribution in [3.63, 3.8) is 0 Å². The van der Waals surface area contributed by atoms with E-state index in [2.05, 4.69) is 43.3 Å². The van der Waals surface area contributed by atoms with Crippen LogP contribution in [0.25, 0.3) is 21.9 Å². The van der Waals surface area contributed by atoms with Gasteiger partial charge in [0.15, 0.2) is 0 Å². The van der Waals surface area contributed by atoms with Crippen LogP contribution in [0.4, 0.5) is 17.2 Å². The number of nitrogens with two attached hydrogens (primary N) is 1. The van der Waals surface area contributed by atoms with Gasteiger partial charge in [-0.2, -0.15) is 0 Å². The van der Waals surface area contributed by atoms with Gasteiger partial charge in [0.2, 0.25) is 0 Å². The van der Waals surface area contributed by atoms with Crippen LogP contribution in [0.3, 0.4) is 0 Å². The molecule has 2 heterocycles. The molecule has 0 atom stereocenters. The minimum Gasteiger partial charge on any atom is -0.399 e. The fourth-order valence-corrected chi connectivity index (χ4v) is 3.20. The minimum absolute atomic E-state index is 0.712. The molecule has 4 nitrogen and oxygen atoms in total. The first-order chi connectivity index (χ1) is 12.2. The Bertz CT molecular complexity index is 1030. The summed E-state index contributed by atoms with van der Waals surface area (Å²) in [5.41, 5.74) is 9.91. The van der Waals surface area contributed by atoms with Crippen molar-refractivity contribution in [1.82, 2.24) is 9.97 Å². The molecule has 2 aromatic carbocycles. The van der Waals surface area contributed by atoms with E-state index in [1.54, 1.807) is 18.6 Å². The second-order valence-electron chi connectivity index (χ2n) is 5.70. The Morgan fingerprint density at radius 2 is 1.56 bits per heavy atom. The maximum Gasteiger partial charge on any atom is 0.138 e. The van der Waals surface area contributed by atoms with Crippen molar-refractivity contribution in [2.75, 3.05) is 11.1 Å². The van der Waals surface area contributed by atoms with Gasteiger partial charge in [-0.15, -0.1) is 0 Å². The molecule has 0 spiro atoms. The van der Waals surface area contributed by atoms with Crippen LogP contribution in [0.2, 0.25) is 0 Å². The smallest absolute Gasteiger partial charge is 0.138 e. The first-order valence-corrected chi connectivity index (χ1v) is 8.61. The maximum absolute atomic E-state index is 5.94. The normalized spacial score (nSPS) is 10.8. The maximum atomic E-state index is 5.94. The Labute approximate surface area is 153 Å². The fraction of sp³-hybridized carbons (Fsp3) is 0. The molecule has 2 aromatic heterocycles. The van der Waals surface area contributed by atoms with Gasteiger partial charge in [-0.3, -0.25) is 4.98 Å². The van der Waals surface area contributed by atoms with E-state index in [1.165, 1.54) is 0 Å². The van der Waals surface area contributed by atoms with Crippen molar-refractivity contribution in [1.29, 1.82) is 0 Å². The summed E-state index contributed by atoms with van der Waals surface area (Å²) in [4.78, 5) is 8.55. The number of anilines is 3. The summed E-state index contributed by atoms with van der Waals surface area (Å²) in [7, 11) is 0. The van der Waals surface area contributed by atoms with Gasteiger partial charge in [-0.25, -0.2) is 4.98 Å². The molecule has 0 aliphatic carbocycles. The van der Waals surface area contributed by atoms with E-state index in [0.29, 0.717) is 5.69 Å². The number of halogens is 1. The van der Waals surface area contributed by atoms with Crippen LogP contribution >= 0.6 is 15.9 Å². The second-order valence-corrected chi connectivity index (χ2v) is 6.55. The zero-order chi connectivity index (χ0) is 17.2. The summed E-state index contributed by atoms with van der Waals surface area (Å²) in [6.07, 6.45) is 5.39. The number of nitrogens with zero attached hydrogens (tertiary/aromatic N) is 2. The van der Waals surface area contributed by atoms with Gasteiger partial charge < -0.3 is 11.1 Å². The zero-order valence-corrected chi connectivity index (χ0v) is 14.9. The summed E-state index contributed by atoms with van der Waals surface area (Å²) in [6.45, 7) is 0. The molecule has 122 valence electrons. The molecule has 5 heteroatoms. The van der Waals surface area contributed by atoms with Crippen LogP contribution in [-0.2, 0) is 0 Å². The molecule has 0 radical (unpaired) electrons. The molecule has 0 unspecified atom stereocenters. The highest BCUT2D eigenvalue weighted by atomic mass is 79.9. The molecule has 0 bridgehead atoms. The second kappa shape index (κ2) is 6.53. The lowest BCUT2D eigenvalue weighted by Gasteiger charge is -2.11. The van der Waals surface area contributed by atoms with Crippen LogP contribution in [0, 0.1) is 0 Å². The number of aromatic nitrogens is 2. The molecular weight excluding hydrogens is 376 g/mol. The summed E-state index contributed by atoms with van der Waals surface area (Å²) in [5.74, 6) is 0.780. The highest BCUT2D eigenvalue weighted by Crippen LogP contribution is 2.31. The number of hydrogen-bond acceptors (Lipinski definition) is 4. The van der Waals surface area contributed by atoms with Crippen LogP contribution in [0.1, 0.15) is 0 Å². The van der Waals surface area contributed by atoms with Gasteiger partial charge in [0.25, 0.3) is 0 Å². The number of nitrogens with one attached hydrogen (secondary N) is 1. The molecule has 25 heavy (non-hydrogen) atoms. The summed E-state index contributed by atoms with van der Waals surface area (Å²) < 4.78 is 0.945. The monoisotopic (exact) mass is 390 g/mol. The van der Waals surface area contributed by atoms with E-state index < -0.39 is 0 Å². The molecule has 0 aliphatic heterocycles. The summed E-state index contributed by atoms with van der Waals surface area (Å²) in [5, 5.41) is 5.43. The van der Waals surface area contributed by atoms with Crippen LogP contribution in [-0.4, -0.2) is 9.97 Å². The Morgan fingerprint density at radius 3 is 2.32 bits per heavy atom. The lowest BCUT2D eigenvalue weighted by Crippen LogP contribution is -1.96. The van der Waals surface area contributed by atoms with Crippen molar-refractivity contribution in [3.05, 3.63) is 77.7 Å². The number of hydrogen-bond donors (Lipinski definition) is 2. The van der Waals surface area contributed by atoms with Gasteiger partial charge in [-0.1, -0.05) is 18.2 Å². The van der Waals surface area contributed by atoms with E-state index in [4.69, 9.17) is 5.73 Å². The summed E-state index contributed by atoms with van der Waals surface area (Å²) >= 11 is 3.54. The van der Waals surface area contributed by atoms with Crippen LogP contribution in [0.15, 0.2) is 77.7 Å². The molecule has 0 amide bonds. The third-order valence-electron chi connectivity index (χ3n) is 4.02. The number of rotatable bonds is 3. The Morgan fingerprint density at radius 1 is 0.840 bits per heavy atom. The van der Waals surface area contributed by atoms with E-state index in [-0.39, 0.29) is 0 Å². The largest absolute Gasteiger partial charge is 0.399 e.